The summed E-state index contributed by atoms with van der Waals surface area (Å²) < 4.78 is 29.5. The van der Waals surface area contributed by atoms with Crippen LogP contribution in [0.2, 0.25) is 5.15 Å². The highest BCUT2D eigenvalue weighted by atomic mass is 35.5. The quantitative estimate of drug-likeness (QED) is 0.341. The fourth-order valence-electron chi connectivity index (χ4n) is 2.92. The molecule has 0 fully saturated rings. The van der Waals surface area contributed by atoms with Crippen molar-refractivity contribution < 1.29 is 13.5 Å². The van der Waals surface area contributed by atoms with E-state index in [2.05, 4.69) is 9.36 Å². The van der Waals surface area contributed by atoms with Crippen LogP contribution in [0.15, 0.2) is 51.1 Å². The van der Waals surface area contributed by atoms with Crippen LogP contribution in [0.25, 0.3) is 11.0 Å². The average Bonchev–Trinajstić information content (AvgIpc) is 3.20. The summed E-state index contributed by atoms with van der Waals surface area (Å²) in [6, 6.07) is 8.68. The normalized spacial score (nSPS) is 11.1. The molecule has 0 aliphatic heterocycles. The summed E-state index contributed by atoms with van der Waals surface area (Å²) in [6.07, 6.45) is 1.48. The molecule has 3 heterocycles. The third-order valence-corrected chi connectivity index (χ3v) is 5.29. The minimum Gasteiger partial charge on any atom is -0.487 e. The Balaban J connectivity index is 1.67. The Morgan fingerprint density at radius 2 is 2.14 bits per heavy atom. The lowest BCUT2D eigenvalue weighted by atomic mass is 10.00. The molecule has 0 aliphatic carbocycles. The molecule has 0 unspecified atom stereocenters. The molecule has 0 radical (unpaired) electrons. The first-order valence-electron chi connectivity index (χ1n) is 8.40. The molecular formula is C20H14ClFN2O3S. The molecule has 0 saturated carbocycles. The van der Waals surface area contributed by atoms with Gasteiger partial charge in [-0.15, -0.1) is 0 Å². The topological polar surface area (TPSA) is 65.2 Å². The molecule has 3 aromatic heterocycles. The molecule has 4 aromatic rings. The SMILES string of the molecule is Cc1c(Cc2ccnc(Cl)c2F)c(=O)oc2cc(OCc3ccsn3)ccc12. The van der Waals surface area contributed by atoms with Gasteiger partial charge in [0.05, 0.1) is 5.69 Å². The Morgan fingerprint density at radius 3 is 2.93 bits per heavy atom. The predicted molar refractivity (Wildman–Crippen MR) is 106 cm³/mol. The van der Waals surface area contributed by atoms with Gasteiger partial charge in [-0.05, 0) is 53.8 Å². The van der Waals surface area contributed by atoms with Crippen LogP contribution in [0, 0.1) is 12.7 Å². The fraction of sp³-hybridized carbons (Fsp3) is 0.150. The molecule has 0 saturated heterocycles. The molecule has 0 atom stereocenters. The van der Waals surface area contributed by atoms with Crippen molar-refractivity contribution in [3.05, 3.63) is 85.7 Å². The molecule has 0 spiro atoms. The van der Waals surface area contributed by atoms with Gasteiger partial charge in [-0.3, -0.25) is 0 Å². The van der Waals surface area contributed by atoms with Crippen LogP contribution < -0.4 is 10.4 Å². The van der Waals surface area contributed by atoms with Gasteiger partial charge in [0.25, 0.3) is 0 Å². The van der Waals surface area contributed by atoms with Crippen molar-refractivity contribution in [1.82, 2.24) is 9.36 Å². The van der Waals surface area contributed by atoms with Gasteiger partial charge in [0.15, 0.2) is 11.0 Å². The van der Waals surface area contributed by atoms with Crippen LogP contribution >= 0.6 is 23.1 Å². The highest BCUT2D eigenvalue weighted by molar-refractivity contribution is 7.03. The molecule has 8 heteroatoms. The summed E-state index contributed by atoms with van der Waals surface area (Å²) in [7, 11) is 0. The van der Waals surface area contributed by atoms with Crippen molar-refractivity contribution in [2.45, 2.75) is 20.0 Å². The lowest BCUT2D eigenvalue weighted by Gasteiger charge is -2.10. The highest BCUT2D eigenvalue weighted by Gasteiger charge is 2.16. The van der Waals surface area contributed by atoms with Crippen molar-refractivity contribution >= 4 is 34.1 Å². The standard InChI is InChI=1S/C20H14ClFN2O3S/c1-11-15-3-2-14(26-10-13-5-7-28-24-13)9-17(15)27-20(25)16(11)8-12-4-6-23-19(21)18(12)22/h2-7,9H,8,10H2,1H3. The Hall–Kier alpha value is -2.77. The summed E-state index contributed by atoms with van der Waals surface area (Å²) >= 11 is 7.09. The second-order valence-electron chi connectivity index (χ2n) is 6.18. The highest BCUT2D eigenvalue weighted by Crippen LogP contribution is 2.26. The van der Waals surface area contributed by atoms with Crippen molar-refractivity contribution in [2.24, 2.45) is 0 Å². The van der Waals surface area contributed by atoms with E-state index in [4.69, 9.17) is 20.8 Å². The van der Waals surface area contributed by atoms with Crippen molar-refractivity contribution in [2.75, 3.05) is 0 Å². The van der Waals surface area contributed by atoms with Gasteiger partial charge in [0.1, 0.15) is 17.9 Å². The number of halogens is 2. The summed E-state index contributed by atoms with van der Waals surface area (Å²) in [5.41, 5.74) is 2.12. The largest absolute Gasteiger partial charge is 0.487 e. The second-order valence-corrected chi connectivity index (χ2v) is 7.21. The van der Waals surface area contributed by atoms with Crippen LogP contribution in [0.5, 0.6) is 5.75 Å². The van der Waals surface area contributed by atoms with Gasteiger partial charge in [-0.1, -0.05) is 11.6 Å². The van der Waals surface area contributed by atoms with E-state index < -0.39 is 11.4 Å². The zero-order valence-corrected chi connectivity index (χ0v) is 16.3. The van der Waals surface area contributed by atoms with Crippen LogP contribution in [-0.2, 0) is 13.0 Å². The molecule has 0 bridgehead atoms. The lowest BCUT2D eigenvalue weighted by Crippen LogP contribution is -2.12. The van der Waals surface area contributed by atoms with Gasteiger partial charge in [-0.25, -0.2) is 14.2 Å². The van der Waals surface area contributed by atoms with Crippen LogP contribution in [-0.4, -0.2) is 9.36 Å². The minimum atomic E-state index is -0.631. The Labute approximate surface area is 168 Å². The van der Waals surface area contributed by atoms with Gasteiger partial charge < -0.3 is 9.15 Å². The first-order valence-corrected chi connectivity index (χ1v) is 9.61. The molecule has 0 N–H and O–H groups in total. The number of fused-ring (bicyclic) bond motifs is 1. The fourth-order valence-corrected chi connectivity index (χ4v) is 3.63. The zero-order valence-electron chi connectivity index (χ0n) is 14.7. The summed E-state index contributed by atoms with van der Waals surface area (Å²) in [5.74, 6) is -0.0587. The number of hydrogen-bond acceptors (Lipinski definition) is 6. The summed E-state index contributed by atoms with van der Waals surface area (Å²) in [6.45, 7) is 2.14. The van der Waals surface area contributed by atoms with Crippen molar-refractivity contribution in [1.29, 1.82) is 0 Å². The number of hydrogen-bond donors (Lipinski definition) is 0. The maximum absolute atomic E-state index is 14.2. The Bertz CT molecular complexity index is 1210. The number of aryl methyl sites for hydroxylation is 1. The predicted octanol–water partition coefficient (Wildman–Crippen LogP) is 4.92. The van der Waals surface area contributed by atoms with E-state index in [-0.39, 0.29) is 17.1 Å². The van der Waals surface area contributed by atoms with E-state index in [1.165, 1.54) is 23.8 Å². The van der Waals surface area contributed by atoms with E-state index in [0.717, 1.165) is 16.6 Å². The van der Waals surface area contributed by atoms with Crippen LogP contribution in [0.1, 0.15) is 22.4 Å². The molecule has 0 aliphatic rings. The van der Waals surface area contributed by atoms with E-state index in [1.54, 1.807) is 12.1 Å². The number of ether oxygens (including phenoxy) is 1. The first-order chi connectivity index (χ1) is 13.5. The van der Waals surface area contributed by atoms with Gasteiger partial charge in [0, 0.05) is 35.0 Å². The number of nitrogens with zero attached hydrogens (tertiary/aromatic N) is 2. The van der Waals surface area contributed by atoms with E-state index >= 15 is 0 Å². The molecule has 28 heavy (non-hydrogen) atoms. The monoisotopic (exact) mass is 416 g/mol. The molecule has 1 aromatic carbocycles. The average molecular weight is 417 g/mol. The second kappa shape index (κ2) is 7.69. The van der Waals surface area contributed by atoms with Crippen molar-refractivity contribution in [3.8, 4) is 5.75 Å². The van der Waals surface area contributed by atoms with Gasteiger partial charge in [0.2, 0.25) is 0 Å². The van der Waals surface area contributed by atoms with Crippen LogP contribution in [0.4, 0.5) is 4.39 Å². The number of aromatic nitrogens is 2. The third-order valence-electron chi connectivity index (χ3n) is 4.43. The van der Waals surface area contributed by atoms with E-state index in [1.807, 2.05) is 24.4 Å². The molecule has 0 amide bonds. The number of pyridine rings is 1. The number of rotatable bonds is 5. The summed E-state index contributed by atoms with van der Waals surface area (Å²) in [5, 5.41) is 2.42. The Morgan fingerprint density at radius 1 is 1.29 bits per heavy atom. The Kier molecular flexibility index (Phi) is 5.11. The molecule has 5 nitrogen and oxygen atoms in total. The number of benzene rings is 1. The summed E-state index contributed by atoms with van der Waals surface area (Å²) in [4.78, 5) is 16.2. The van der Waals surface area contributed by atoms with Gasteiger partial charge >= 0.3 is 5.63 Å². The maximum atomic E-state index is 14.2. The molecule has 142 valence electrons. The minimum absolute atomic E-state index is 0.0697. The van der Waals surface area contributed by atoms with E-state index in [9.17, 15) is 9.18 Å². The van der Waals surface area contributed by atoms with E-state index in [0.29, 0.717) is 23.5 Å². The third kappa shape index (κ3) is 3.63. The smallest absolute Gasteiger partial charge is 0.340 e. The van der Waals surface area contributed by atoms with Crippen LogP contribution in [0.3, 0.4) is 0 Å². The first kappa shape index (κ1) is 18.6. The lowest BCUT2D eigenvalue weighted by molar-refractivity contribution is 0.302. The van der Waals surface area contributed by atoms with Crippen molar-refractivity contribution in [3.63, 3.8) is 0 Å². The van der Waals surface area contributed by atoms with Gasteiger partial charge in [-0.2, -0.15) is 4.37 Å². The molecular weight excluding hydrogens is 403 g/mol. The maximum Gasteiger partial charge on any atom is 0.340 e. The zero-order chi connectivity index (χ0) is 19.7. The molecule has 4 rings (SSSR count).